The van der Waals surface area contributed by atoms with E-state index in [0.717, 1.165) is 11.3 Å². The first kappa shape index (κ1) is 19.8. The lowest BCUT2D eigenvalue weighted by atomic mass is 10.2. The SMILES string of the molecule is Cc1c(C(=O)OC(C)C)sc(NC(=O)COc2ccc(Cl)cc2)c1C#N. The van der Waals surface area contributed by atoms with Crippen LogP contribution in [0.25, 0.3) is 0 Å². The van der Waals surface area contributed by atoms with Crippen molar-refractivity contribution in [3.63, 3.8) is 0 Å². The third-order valence-corrected chi connectivity index (χ3v) is 4.66. The highest BCUT2D eigenvalue weighted by Crippen LogP contribution is 2.33. The van der Waals surface area contributed by atoms with Gasteiger partial charge in [-0.25, -0.2) is 4.79 Å². The summed E-state index contributed by atoms with van der Waals surface area (Å²) in [5, 5.41) is 12.8. The van der Waals surface area contributed by atoms with Crippen LogP contribution >= 0.6 is 22.9 Å². The van der Waals surface area contributed by atoms with Crippen molar-refractivity contribution in [2.45, 2.75) is 26.9 Å². The lowest BCUT2D eigenvalue weighted by Gasteiger charge is -2.07. The van der Waals surface area contributed by atoms with Crippen LogP contribution in [0.15, 0.2) is 24.3 Å². The molecular formula is C18H17ClN2O4S. The number of rotatable bonds is 6. The number of hydrogen-bond donors (Lipinski definition) is 1. The summed E-state index contributed by atoms with van der Waals surface area (Å²) in [6.07, 6.45) is -0.277. The molecule has 8 heteroatoms. The average molecular weight is 393 g/mol. The molecule has 0 saturated heterocycles. The first-order chi connectivity index (χ1) is 12.3. The minimum Gasteiger partial charge on any atom is -0.484 e. The summed E-state index contributed by atoms with van der Waals surface area (Å²) >= 11 is 6.80. The third kappa shape index (κ3) is 4.97. The van der Waals surface area contributed by atoms with E-state index in [0.29, 0.717) is 26.2 Å². The number of anilines is 1. The van der Waals surface area contributed by atoms with Crippen LogP contribution in [0.1, 0.15) is 34.6 Å². The number of esters is 1. The van der Waals surface area contributed by atoms with Gasteiger partial charge in [0.25, 0.3) is 5.91 Å². The van der Waals surface area contributed by atoms with Crippen molar-refractivity contribution in [3.05, 3.63) is 45.3 Å². The van der Waals surface area contributed by atoms with E-state index in [1.54, 1.807) is 45.0 Å². The first-order valence-corrected chi connectivity index (χ1v) is 8.94. The molecule has 1 aromatic carbocycles. The molecule has 0 bridgehead atoms. The molecule has 0 fully saturated rings. The number of nitrogens with zero attached hydrogens (tertiary/aromatic N) is 1. The predicted octanol–water partition coefficient (Wildman–Crippen LogP) is 4.16. The number of ether oxygens (including phenoxy) is 2. The summed E-state index contributed by atoms with van der Waals surface area (Å²) in [5.41, 5.74) is 0.725. The topological polar surface area (TPSA) is 88.4 Å². The Morgan fingerprint density at radius 3 is 2.54 bits per heavy atom. The Morgan fingerprint density at radius 1 is 1.31 bits per heavy atom. The maximum Gasteiger partial charge on any atom is 0.348 e. The summed E-state index contributed by atoms with van der Waals surface area (Å²) in [4.78, 5) is 24.5. The molecule has 1 amide bonds. The largest absolute Gasteiger partial charge is 0.484 e. The van der Waals surface area contributed by atoms with Gasteiger partial charge in [0.1, 0.15) is 21.7 Å². The fourth-order valence-corrected chi connectivity index (χ4v) is 3.22. The van der Waals surface area contributed by atoms with Gasteiger partial charge in [-0.1, -0.05) is 11.6 Å². The summed E-state index contributed by atoms with van der Waals surface area (Å²) in [7, 11) is 0. The zero-order valence-corrected chi connectivity index (χ0v) is 16.0. The van der Waals surface area contributed by atoms with Crippen molar-refractivity contribution in [2.75, 3.05) is 11.9 Å². The van der Waals surface area contributed by atoms with Gasteiger partial charge >= 0.3 is 5.97 Å². The highest BCUT2D eigenvalue weighted by Gasteiger charge is 2.23. The molecule has 136 valence electrons. The normalized spacial score (nSPS) is 10.3. The van der Waals surface area contributed by atoms with Gasteiger partial charge in [0.2, 0.25) is 0 Å². The Bertz CT molecular complexity index is 853. The molecule has 0 saturated carbocycles. The fourth-order valence-electron chi connectivity index (χ4n) is 2.04. The van der Waals surface area contributed by atoms with Crippen LogP contribution in [-0.2, 0) is 9.53 Å². The third-order valence-electron chi connectivity index (χ3n) is 3.22. The molecule has 2 aromatic rings. The Balaban J connectivity index is 2.08. The van der Waals surface area contributed by atoms with Crippen molar-refractivity contribution in [1.29, 1.82) is 5.26 Å². The molecule has 0 unspecified atom stereocenters. The average Bonchev–Trinajstić information content (AvgIpc) is 2.89. The number of nitriles is 1. The predicted molar refractivity (Wildman–Crippen MR) is 99.9 cm³/mol. The maximum absolute atomic E-state index is 12.1. The monoisotopic (exact) mass is 392 g/mol. The minimum atomic E-state index is -0.517. The van der Waals surface area contributed by atoms with E-state index < -0.39 is 11.9 Å². The smallest absolute Gasteiger partial charge is 0.348 e. The van der Waals surface area contributed by atoms with Crippen LogP contribution in [0.4, 0.5) is 5.00 Å². The van der Waals surface area contributed by atoms with Gasteiger partial charge in [0.05, 0.1) is 11.7 Å². The van der Waals surface area contributed by atoms with Crippen LogP contribution in [-0.4, -0.2) is 24.6 Å². The van der Waals surface area contributed by atoms with E-state index in [9.17, 15) is 14.9 Å². The van der Waals surface area contributed by atoms with Crippen molar-refractivity contribution in [2.24, 2.45) is 0 Å². The Kier molecular flexibility index (Phi) is 6.61. The number of carbonyl (C=O) groups is 2. The quantitative estimate of drug-likeness (QED) is 0.745. The van der Waals surface area contributed by atoms with Gasteiger partial charge in [-0.3, -0.25) is 4.79 Å². The number of amides is 1. The Labute approximate surface area is 160 Å². The highest BCUT2D eigenvalue weighted by atomic mass is 35.5. The van der Waals surface area contributed by atoms with Crippen LogP contribution in [0.3, 0.4) is 0 Å². The molecule has 1 aromatic heterocycles. The lowest BCUT2D eigenvalue weighted by molar-refractivity contribution is -0.118. The number of benzene rings is 1. The molecule has 1 heterocycles. The number of carbonyl (C=O) groups excluding carboxylic acids is 2. The summed E-state index contributed by atoms with van der Waals surface area (Å²) in [6.45, 7) is 4.88. The zero-order chi connectivity index (χ0) is 19.3. The van der Waals surface area contributed by atoms with Crippen molar-refractivity contribution < 1.29 is 19.1 Å². The van der Waals surface area contributed by atoms with E-state index >= 15 is 0 Å². The van der Waals surface area contributed by atoms with Gasteiger partial charge in [-0.15, -0.1) is 11.3 Å². The molecule has 0 atom stereocenters. The van der Waals surface area contributed by atoms with Crippen LogP contribution in [0.5, 0.6) is 5.75 Å². The van der Waals surface area contributed by atoms with E-state index in [1.165, 1.54) is 0 Å². The van der Waals surface area contributed by atoms with Crippen molar-refractivity contribution in [1.82, 2.24) is 0 Å². The Hall–Kier alpha value is -2.56. The second-order valence-corrected chi connectivity index (χ2v) is 7.07. The van der Waals surface area contributed by atoms with E-state index in [4.69, 9.17) is 21.1 Å². The molecular weight excluding hydrogens is 376 g/mol. The second kappa shape index (κ2) is 8.70. The molecule has 6 nitrogen and oxygen atoms in total. The molecule has 0 aliphatic carbocycles. The standard InChI is InChI=1S/C18H17ClN2O4S/c1-10(2)25-18(23)16-11(3)14(8-20)17(26-16)21-15(22)9-24-13-6-4-12(19)5-7-13/h4-7,10H,9H2,1-3H3,(H,21,22). The summed E-state index contributed by atoms with van der Waals surface area (Å²) in [6, 6.07) is 8.60. The highest BCUT2D eigenvalue weighted by molar-refractivity contribution is 7.18. The van der Waals surface area contributed by atoms with Crippen LogP contribution < -0.4 is 10.1 Å². The van der Waals surface area contributed by atoms with Gasteiger partial charge in [-0.2, -0.15) is 5.26 Å². The summed E-state index contributed by atoms with van der Waals surface area (Å²) in [5.74, 6) is -0.466. The van der Waals surface area contributed by atoms with E-state index in [2.05, 4.69) is 5.32 Å². The lowest BCUT2D eigenvalue weighted by Crippen LogP contribution is -2.20. The van der Waals surface area contributed by atoms with Crippen molar-refractivity contribution in [3.8, 4) is 11.8 Å². The second-order valence-electron chi connectivity index (χ2n) is 5.62. The molecule has 2 rings (SSSR count). The Morgan fingerprint density at radius 2 is 1.96 bits per heavy atom. The molecule has 0 spiro atoms. The van der Waals surface area contributed by atoms with Crippen molar-refractivity contribution >= 4 is 39.8 Å². The fraction of sp³-hybridized carbons (Fsp3) is 0.278. The number of nitrogens with one attached hydrogen (secondary N) is 1. The molecule has 1 N–H and O–H groups in total. The molecule has 26 heavy (non-hydrogen) atoms. The molecule has 0 radical (unpaired) electrons. The van der Waals surface area contributed by atoms with Gasteiger partial charge < -0.3 is 14.8 Å². The van der Waals surface area contributed by atoms with E-state index in [1.807, 2.05) is 6.07 Å². The van der Waals surface area contributed by atoms with Gasteiger partial charge in [0.15, 0.2) is 6.61 Å². The van der Waals surface area contributed by atoms with E-state index in [-0.39, 0.29) is 18.3 Å². The van der Waals surface area contributed by atoms with Gasteiger partial charge in [-0.05, 0) is 50.6 Å². The number of hydrogen-bond acceptors (Lipinski definition) is 6. The van der Waals surface area contributed by atoms with Crippen LogP contribution in [0, 0.1) is 18.3 Å². The number of halogens is 1. The summed E-state index contributed by atoms with van der Waals surface area (Å²) < 4.78 is 10.5. The zero-order valence-electron chi connectivity index (χ0n) is 14.5. The van der Waals surface area contributed by atoms with Gasteiger partial charge in [0, 0.05) is 5.02 Å². The number of thiophene rings is 1. The molecule has 0 aliphatic heterocycles. The molecule has 0 aliphatic rings. The minimum absolute atomic E-state index is 0.241. The maximum atomic E-state index is 12.1. The first-order valence-electron chi connectivity index (χ1n) is 7.74. The van der Waals surface area contributed by atoms with Crippen LogP contribution in [0.2, 0.25) is 5.02 Å².